The molecule has 1 fully saturated rings. The molecule has 1 rings (SSSR count). The Kier molecular flexibility index (Phi) is 5.49. The maximum Gasteiger partial charge on any atom is 0.00963 e. The molecule has 0 aromatic rings. The lowest BCUT2D eigenvalue weighted by Gasteiger charge is -2.20. The monoisotopic (exact) mass is 198 g/mol. The minimum atomic E-state index is 0.693. The van der Waals surface area contributed by atoms with Gasteiger partial charge in [0.1, 0.15) is 0 Å². The number of hydrogen-bond acceptors (Lipinski definition) is 2. The van der Waals surface area contributed by atoms with Crippen molar-refractivity contribution >= 4 is 0 Å². The molecule has 0 saturated heterocycles. The summed E-state index contributed by atoms with van der Waals surface area (Å²) < 4.78 is 0. The van der Waals surface area contributed by atoms with E-state index in [0.717, 1.165) is 12.6 Å². The van der Waals surface area contributed by atoms with Crippen molar-refractivity contribution in [3.8, 4) is 0 Å². The Bertz CT molecular complexity index is 143. The van der Waals surface area contributed by atoms with E-state index in [9.17, 15) is 0 Å². The molecule has 0 aromatic carbocycles. The Morgan fingerprint density at radius 3 is 2.57 bits per heavy atom. The van der Waals surface area contributed by atoms with Crippen LogP contribution in [-0.2, 0) is 0 Å². The number of rotatable bonds is 8. The second-order valence-electron chi connectivity index (χ2n) is 4.46. The molecule has 84 valence electrons. The van der Waals surface area contributed by atoms with Crippen LogP contribution in [0.25, 0.3) is 0 Å². The lowest BCUT2D eigenvalue weighted by molar-refractivity contribution is 0.267. The largest absolute Gasteiger partial charge is 0.315 e. The van der Waals surface area contributed by atoms with E-state index < -0.39 is 0 Å². The summed E-state index contributed by atoms with van der Waals surface area (Å²) >= 11 is 0. The van der Waals surface area contributed by atoms with Gasteiger partial charge in [-0.3, -0.25) is 0 Å². The van der Waals surface area contributed by atoms with E-state index in [4.69, 9.17) is 0 Å². The predicted molar refractivity (Wildman–Crippen MR) is 62.6 cm³/mol. The van der Waals surface area contributed by atoms with E-state index in [0.29, 0.717) is 6.04 Å². The van der Waals surface area contributed by atoms with Crippen LogP contribution in [0.5, 0.6) is 0 Å². The first-order valence-electron chi connectivity index (χ1n) is 6.25. The summed E-state index contributed by atoms with van der Waals surface area (Å²) in [5.74, 6) is 0. The van der Waals surface area contributed by atoms with Crippen LogP contribution in [-0.4, -0.2) is 36.6 Å². The van der Waals surface area contributed by atoms with Crippen LogP contribution in [0, 0.1) is 0 Å². The molecule has 1 unspecified atom stereocenters. The molecule has 1 atom stereocenters. The van der Waals surface area contributed by atoms with Crippen molar-refractivity contribution in [3.05, 3.63) is 0 Å². The number of nitrogens with zero attached hydrogens (tertiary/aromatic N) is 1. The first-order chi connectivity index (χ1) is 6.77. The fourth-order valence-corrected chi connectivity index (χ4v) is 2.09. The van der Waals surface area contributed by atoms with Gasteiger partial charge in [-0.2, -0.15) is 0 Å². The SMILES string of the molecule is CCNC(C)CCCN(CC)C1CC1. The Hall–Kier alpha value is -0.0800. The number of nitrogens with one attached hydrogen (secondary N) is 1. The lowest BCUT2D eigenvalue weighted by Crippen LogP contribution is -2.30. The minimum absolute atomic E-state index is 0.693. The lowest BCUT2D eigenvalue weighted by atomic mass is 10.1. The van der Waals surface area contributed by atoms with Gasteiger partial charge in [-0.15, -0.1) is 0 Å². The van der Waals surface area contributed by atoms with Gasteiger partial charge < -0.3 is 10.2 Å². The van der Waals surface area contributed by atoms with Gasteiger partial charge in [-0.1, -0.05) is 13.8 Å². The summed E-state index contributed by atoms with van der Waals surface area (Å²) in [5.41, 5.74) is 0. The first kappa shape index (κ1) is 12.0. The molecule has 2 nitrogen and oxygen atoms in total. The van der Waals surface area contributed by atoms with Crippen molar-refractivity contribution in [3.63, 3.8) is 0 Å². The normalized spacial score (nSPS) is 18.9. The predicted octanol–water partition coefficient (Wildman–Crippen LogP) is 2.25. The van der Waals surface area contributed by atoms with Crippen molar-refractivity contribution in [2.75, 3.05) is 19.6 Å². The van der Waals surface area contributed by atoms with Crippen LogP contribution in [0.1, 0.15) is 46.5 Å². The zero-order chi connectivity index (χ0) is 10.4. The van der Waals surface area contributed by atoms with Crippen molar-refractivity contribution in [1.29, 1.82) is 0 Å². The Morgan fingerprint density at radius 1 is 1.36 bits per heavy atom. The van der Waals surface area contributed by atoms with Crippen molar-refractivity contribution in [2.45, 2.75) is 58.5 Å². The second kappa shape index (κ2) is 6.41. The summed E-state index contributed by atoms with van der Waals surface area (Å²) in [5, 5.41) is 3.46. The van der Waals surface area contributed by atoms with Crippen molar-refractivity contribution in [2.24, 2.45) is 0 Å². The minimum Gasteiger partial charge on any atom is -0.315 e. The van der Waals surface area contributed by atoms with Gasteiger partial charge in [0, 0.05) is 12.1 Å². The second-order valence-corrected chi connectivity index (χ2v) is 4.46. The standard InChI is InChI=1S/C12H26N2/c1-4-13-11(3)7-6-10-14(5-2)12-8-9-12/h11-13H,4-10H2,1-3H3. The molecule has 1 aliphatic carbocycles. The third-order valence-electron chi connectivity index (χ3n) is 3.10. The molecular weight excluding hydrogens is 172 g/mol. The van der Waals surface area contributed by atoms with Gasteiger partial charge in [0.2, 0.25) is 0 Å². The topological polar surface area (TPSA) is 15.3 Å². The molecule has 1 aliphatic rings. The highest BCUT2D eigenvalue weighted by Gasteiger charge is 2.26. The molecule has 1 saturated carbocycles. The van der Waals surface area contributed by atoms with Gasteiger partial charge in [0.15, 0.2) is 0 Å². The molecule has 0 radical (unpaired) electrons. The maximum atomic E-state index is 3.46. The number of hydrogen-bond donors (Lipinski definition) is 1. The van der Waals surface area contributed by atoms with E-state index in [1.807, 2.05) is 0 Å². The summed E-state index contributed by atoms with van der Waals surface area (Å²) in [6.07, 6.45) is 5.54. The van der Waals surface area contributed by atoms with Gasteiger partial charge in [-0.05, 0) is 52.2 Å². The highest BCUT2D eigenvalue weighted by molar-refractivity contribution is 4.83. The van der Waals surface area contributed by atoms with Crippen molar-refractivity contribution < 1.29 is 0 Å². The van der Waals surface area contributed by atoms with Crippen LogP contribution in [0.4, 0.5) is 0 Å². The maximum absolute atomic E-state index is 3.46. The average Bonchev–Trinajstić information content (AvgIpc) is 2.96. The molecule has 0 heterocycles. The molecule has 1 N–H and O–H groups in total. The molecule has 0 aliphatic heterocycles. The average molecular weight is 198 g/mol. The fraction of sp³-hybridized carbons (Fsp3) is 1.00. The third-order valence-corrected chi connectivity index (χ3v) is 3.10. The summed E-state index contributed by atoms with van der Waals surface area (Å²) in [6.45, 7) is 10.4. The van der Waals surface area contributed by atoms with Gasteiger partial charge in [0.25, 0.3) is 0 Å². The summed E-state index contributed by atoms with van der Waals surface area (Å²) in [6, 6.07) is 1.63. The smallest absolute Gasteiger partial charge is 0.00963 e. The Balaban J connectivity index is 2.00. The van der Waals surface area contributed by atoms with Crippen LogP contribution in [0.15, 0.2) is 0 Å². The van der Waals surface area contributed by atoms with E-state index in [1.54, 1.807) is 0 Å². The van der Waals surface area contributed by atoms with E-state index >= 15 is 0 Å². The molecular formula is C12H26N2. The fourth-order valence-electron chi connectivity index (χ4n) is 2.09. The van der Waals surface area contributed by atoms with E-state index in [-0.39, 0.29) is 0 Å². The Morgan fingerprint density at radius 2 is 2.07 bits per heavy atom. The molecule has 0 aromatic heterocycles. The summed E-state index contributed by atoms with van der Waals surface area (Å²) in [7, 11) is 0. The molecule has 2 heteroatoms. The third kappa shape index (κ3) is 4.43. The van der Waals surface area contributed by atoms with Crippen LogP contribution >= 0.6 is 0 Å². The Labute approximate surface area is 89.1 Å². The molecule has 0 spiro atoms. The zero-order valence-electron chi connectivity index (χ0n) is 10.1. The molecule has 0 amide bonds. The first-order valence-corrected chi connectivity index (χ1v) is 6.25. The highest BCUT2D eigenvalue weighted by atomic mass is 15.2. The van der Waals surface area contributed by atoms with Crippen molar-refractivity contribution in [1.82, 2.24) is 10.2 Å². The molecule has 14 heavy (non-hydrogen) atoms. The van der Waals surface area contributed by atoms with Gasteiger partial charge in [0.05, 0.1) is 0 Å². The van der Waals surface area contributed by atoms with Gasteiger partial charge in [-0.25, -0.2) is 0 Å². The highest BCUT2D eigenvalue weighted by Crippen LogP contribution is 2.26. The van der Waals surface area contributed by atoms with E-state index in [1.165, 1.54) is 38.8 Å². The van der Waals surface area contributed by atoms with Gasteiger partial charge >= 0.3 is 0 Å². The van der Waals surface area contributed by atoms with E-state index in [2.05, 4.69) is 31.0 Å². The van der Waals surface area contributed by atoms with Crippen LogP contribution in [0.2, 0.25) is 0 Å². The quantitative estimate of drug-likeness (QED) is 0.643. The van der Waals surface area contributed by atoms with Crippen LogP contribution < -0.4 is 5.32 Å². The summed E-state index contributed by atoms with van der Waals surface area (Å²) in [4.78, 5) is 2.64. The molecule has 0 bridgehead atoms. The van der Waals surface area contributed by atoms with Crippen LogP contribution in [0.3, 0.4) is 0 Å². The zero-order valence-corrected chi connectivity index (χ0v) is 10.1.